The van der Waals surface area contributed by atoms with Crippen molar-refractivity contribution in [1.29, 1.82) is 0 Å². The van der Waals surface area contributed by atoms with E-state index >= 15 is 0 Å². The van der Waals surface area contributed by atoms with E-state index in [2.05, 4.69) is 19.1 Å². The van der Waals surface area contributed by atoms with Crippen molar-refractivity contribution in [2.75, 3.05) is 4.90 Å². The number of benzene rings is 1. The fourth-order valence-corrected chi connectivity index (χ4v) is 4.40. The molecule has 4 rings (SSSR count). The number of aryl methyl sites for hydroxylation is 1. The second-order valence-corrected chi connectivity index (χ2v) is 7.52. The lowest BCUT2D eigenvalue weighted by Crippen LogP contribution is -2.29. The Kier molecular flexibility index (Phi) is 4.38. The molecule has 1 aromatic carbocycles. The van der Waals surface area contributed by atoms with Crippen LogP contribution in [0.1, 0.15) is 27.9 Å². The molecule has 0 unspecified atom stereocenters. The quantitative estimate of drug-likeness (QED) is 0.476. The van der Waals surface area contributed by atoms with Gasteiger partial charge >= 0.3 is 0 Å². The number of thiophene rings is 1. The lowest BCUT2D eigenvalue weighted by molar-refractivity contribution is 0.0987. The molecule has 1 amide bonds. The Hall–Kier alpha value is -2.44. The highest BCUT2D eigenvalue weighted by Gasteiger charge is 2.23. The monoisotopic (exact) mass is 368 g/mol. The third kappa shape index (κ3) is 3.10. The van der Waals surface area contributed by atoms with Crippen molar-refractivity contribution < 1.29 is 9.21 Å². The molecule has 4 aromatic rings. The Morgan fingerprint density at radius 2 is 2.12 bits per heavy atom. The number of aromatic nitrogens is 1. The fraction of sp³-hybridized carbons (Fsp3) is 0.158. The van der Waals surface area contributed by atoms with Crippen molar-refractivity contribution in [2.24, 2.45) is 0 Å². The van der Waals surface area contributed by atoms with E-state index in [1.807, 2.05) is 35.7 Å². The van der Waals surface area contributed by atoms with Gasteiger partial charge in [0.1, 0.15) is 5.76 Å². The Morgan fingerprint density at radius 1 is 1.20 bits per heavy atom. The molecule has 0 N–H and O–H groups in total. The second-order valence-electron chi connectivity index (χ2n) is 5.56. The van der Waals surface area contributed by atoms with Crippen LogP contribution < -0.4 is 4.90 Å². The van der Waals surface area contributed by atoms with E-state index in [0.29, 0.717) is 16.6 Å². The SMILES string of the molecule is CCc1cccc2sc(N(Cc3ccco3)C(=O)c3cccs3)nc12. The third-order valence-electron chi connectivity index (χ3n) is 3.97. The number of carbonyl (C=O) groups excluding carboxylic acids is 1. The first-order chi connectivity index (χ1) is 12.3. The number of rotatable bonds is 5. The van der Waals surface area contributed by atoms with Crippen LogP contribution in [0.4, 0.5) is 5.13 Å². The largest absolute Gasteiger partial charge is 0.467 e. The topological polar surface area (TPSA) is 46.3 Å². The van der Waals surface area contributed by atoms with Crippen LogP contribution in [-0.2, 0) is 13.0 Å². The van der Waals surface area contributed by atoms with Gasteiger partial charge in [-0.3, -0.25) is 9.69 Å². The summed E-state index contributed by atoms with van der Waals surface area (Å²) in [6.07, 6.45) is 2.54. The summed E-state index contributed by atoms with van der Waals surface area (Å²) in [5, 5.41) is 2.61. The van der Waals surface area contributed by atoms with Crippen molar-refractivity contribution in [1.82, 2.24) is 4.98 Å². The highest BCUT2D eigenvalue weighted by atomic mass is 32.1. The van der Waals surface area contributed by atoms with E-state index in [9.17, 15) is 4.79 Å². The van der Waals surface area contributed by atoms with Crippen molar-refractivity contribution in [2.45, 2.75) is 19.9 Å². The van der Waals surface area contributed by atoms with Gasteiger partial charge in [0, 0.05) is 0 Å². The maximum Gasteiger partial charge on any atom is 0.270 e. The standard InChI is InChI=1S/C19H16N2O2S2/c1-2-13-6-3-8-15-17(13)20-19(25-15)21(12-14-7-4-10-23-14)18(22)16-9-5-11-24-16/h3-11H,2,12H2,1H3. The number of fused-ring (bicyclic) bond motifs is 1. The van der Waals surface area contributed by atoms with Gasteiger partial charge in [-0.25, -0.2) is 4.98 Å². The van der Waals surface area contributed by atoms with E-state index < -0.39 is 0 Å². The van der Waals surface area contributed by atoms with Gasteiger partial charge in [-0.05, 0) is 41.6 Å². The normalized spacial score (nSPS) is 11.1. The summed E-state index contributed by atoms with van der Waals surface area (Å²) in [5.41, 5.74) is 2.18. The van der Waals surface area contributed by atoms with Crippen molar-refractivity contribution in [3.05, 3.63) is 70.3 Å². The van der Waals surface area contributed by atoms with Gasteiger partial charge in [-0.15, -0.1) is 11.3 Å². The van der Waals surface area contributed by atoms with Gasteiger partial charge < -0.3 is 4.42 Å². The number of hydrogen-bond acceptors (Lipinski definition) is 5. The van der Waals surface area contributed by atoms with Crippen LogP contribution in [0.5, 0.6) is 0 Å². The van der Waals surface area contributed by atoms with Crippen LogP contribution in [0, 0.1) is 0 Å². The highest BCUT2D eigenvalue weighted by Crippen LogP contribution is 2.33. The number of para-hydroxylation sites is 1. The fourth-order valence-electron chi connectivity index (χ4n) is 2.71. The molecular formula is C19H16N2O2S2. The second kappa shape index (κ2) is 6.82. The van der Waals surface area contributed by atoms with E-state index in [1.165, 1.54) is 28.2 Å². The Morgan fingerprint density at radius 3 is 2.84 bits per heavy atom. The van der Waals surface area contributed by atoms with E-state index in [-0.39, 0.29) is 5.91 Å². The Bertz CT molecular complexity index is 988. The van der Waals surface area contributed by atoms with Crippen LogP contribution >= 0.6 is 22.7 Å². The molecule has 0 saturated carbocycles. The predicted molar refractivity (Wildman–Crippen MR) is 103 cm³/mol. The number of carbonyl (C=O) groups is 1. The molecule has 3 aromatic heterocycles. The number of thiazole rings is 1. The maximum absolute atomic E-state index is 13.0. The van der Waals surface area contributed by atoms with Crippen molar-refractivity contribution >= 4 is 43.9 Å². The van der Waals surface area contributed by atoms with Gasteiger partial charge in [0.15, 0.2) is 5.13 Å². The minimum absolute atomic E-state index is 0.0523. The van der Waals surface area contributed by atoms with Gasteiger partial charge in [-0.1, -0.05) is 36.5 Å². The summed E-state index contributed by atoms with van der Waals surface area (Å²) in [7, 11) is 0. The Labute approximate surface area is 153 Å². The average Bonchev–Trinajstić information content (AvgIpc) is 3.39. The predicted octanol–water partition coefficient (Wildman–Crippen LogP) is 5.36. The minimum Gasteiger partial charge on any atom is -0.467 e. The highest BCUT2D eigenvalue weighted by molar-refractivity contribution is 7.22. The summed E-state index contributed by atoms with van der Waals surface area (Å²) in [6.45, 7) is 2.48. The van der Waals surface area contributed by atoms with Crippen LogP contribution in [0.15, 0.2) is 58.5 Å². The maximum atomic E-state index is 13.0. The van der Waals surface area contributed by atoms with Gasteiger partial charge in [0.05, 0.1) is 27.9 Å². The van der Waals surface area contributed by atoms with Crippen LogP contribution in [0.2, 0.25) is 0 Å². The van der Waals surface area contributed by atoms with Crippen LogP contribution in [0.25, 0.3) is 10.2 Å². The van der Waals surface area contributed by atoms with Gasteiger partial charge in [0.25, 0.3) is 5.91 Å². The number of nitrogens with zero attached hydrogens (tertiary/aromatic N) is 2. The average molecular weight is 368 g/mol. The molecule has 0 radical (unpaired) electrons. The number of anilines is 1. The zero-order chi connectivity index (χ0) is 17.2. The lowest BCUT2D eigenvalue weighted by atomic mass is 10.1. The molecule has 25 heavy (non-hydrogen) atoms. The summed E-state index contributed by atoms with van der Waals surface area (Å²) in [6, 6.07) is 13.6. The molecular weight excluding hydrogens is 352 g/mol. The molecule has 126 valence electrons. The summed E-state index contributed by atoms with van der Waals surface area (Å²) in [4.78, 5) is 20.2. The van der Waals surface area contributed by atoms with E-state index in [1.54, 1.807) is 11.2 Å². The molecule has 0 aliphatic rings. The van der Waals surface area contributed by atoms with Crippen molar-refractivity contribution in [3.63, 3.8) is 0 Å². The molecule has 0 atom stereocenters. The van der Waals surface area contributed by atoms with Gasteiger partial charge in [-0.2, -0.15) is 0 Å². The molecule has 0 aliphatic carbocycles. The first-order valence-corrected chi connectivity index (χ1v) is 9.72. The number of amides is 1. The van der Waals surface area contributed by atoms with E-state index in [0.717, 1.165) is 22.4 Å². The van der Waals surface area contributed by atoms with Crippen molar-refractivity contribution in [3.8, 4) is 0 Å². The number of hydrogen-bond donors (Lipinski definition) is 0. The van der Waals surface area contributed by atoms with Crippen LogP contribution in [-0.4, -0.2) is 10.9 Å². The lowest BCUT2D eigenvalue weighted by Gasteiger charge is -2.17. The molecule has 0 fully saturated rings. The molecule has 0 bridgehead atoms. The third-order valence-corrected chi connectivity index (χ3v) is 5.88. The summed E-state index contributed by atoms with van der Waals surface area (Å²) >= 11 is 2.98. The smallest absolute Gasteiger partial charge is 0.270 e. The Balaban J connectivity index is 1.78. The molecule has 0 spiro atoms. The molecule has 3 heterocycles. The zero-order valence-corrected chi connectivity index (χ0v) is 15.3. The first-order valence-electron chi connectivity index (χ1n) is 8.02. The number of furan rings is 1. The zero-order valence-electron chi connectivity index (χ0n) is 13.6. The van der Waals surface area contributed by atoms with E-state index in [4.69, 9.17) is 9.40 Å². The summed E-state index contributed by atoms with van der Waals surface area (Å²) in [5.74, 6) is 0.684. The van der Waals surface area contributed by atoms with Crippen LogP contribution in [0.3, 0.4) is 0 Å². The summed E-state index contributed by atoms with van der Waals surface area (Å²) < 4.78 is 6.55. The minimum atomic E-state index is -0.0523. The first kappa shape index (κ1) is 16.1. The molecule has 6 heteroatoms. The molecule has 0 aliphatic heterocycles. The van der Waals surface area contributed by atoms with Gasteiger partial charge in [0.2, 0.25) is 0 Å². The molecule has 0 saturated heterocycles. The molecule has 4 nitrogen and oxygen atoms in total.